The van der Waals surface area contributed by atoms with E-state index in [4.69, 9.17) is 15.7 Å². The van der Waals surface area contributed by atoms with Crippen molar-refractivity contribution in [1.29, 1.82) is 5.26 Å². The highest BCUT2D eigenvalue weighted by Crippen LogP contribution is 2.22. The van der Waals surface area contributed by atoms with Crippen molar-refractivity contribution in [3.63, 3.8) is 0 Å². The number of rotatable bonds is 5. The first-order valence-electron chi connectivity index (χ1n) is 7.02. The van der Waals surface area contributed by atoms with E-state index in [1.807, 2.05) is 11.0 Å². The molecule has 2 rings (SSSR count). The second kappa shape index (κ2) is 7.20. The highest BCUT2D eigenvalue weighted by atomic mass is 19.1. The van der Waals surface area contributed by atoms with Gasteiger partial charge < -0.3 is 15.4 Å². The van der Waals surface area contributed by atoms with Gasteiger partial charge in [0.2, 0.25) is 5.91 Å². The van der Waals surface area contributed by atoms with Crippen LogP contribution in [0.15, 0.2) is 18.2 Å². The Hall–Kier alpha value is -2.17. The molecule has 1 aliphatic heterocycles. The quantitative estimate of drug-likeness (QED) is 0.847. The minimum absolute atomic E-state index is 0.131. The van der Waals surface area contributed by atoms with Gasteiger partial charge in [-0.2, -0.15) is 5.26 Å². The van der Waals surface area contributed by atoms with Crippen LogP contribution in [0.5, 0.6) is 0 Å². The minimum Gasteiger partial charge on any atom is -0.373 e. The number of hydrogen-bond acceptors (Lipinski definition) is 5. The number of hydrogen-bond donors (Lipinski definition) is 1. The van der Waals surface area contributed by atoms with Crippen LogP contribution in [0.3, 0.4) is 0 Å². The topological polar surface area (TPSA) is 82.6 Å². The van der Waals surface area contributed by atoms with Gasteiger partial charge in [-0.05, 0) is 25.2 Å². The van der Waals surface area contributed by atoms with E-state index >= 15 is 0 Å². The van der Waals surface area contributed by atoms with E-state index in [1.165, 1.54) is 6.07 Å². The number of benzene rings is 1. The fourth-order valence-electron chi connectivity index (χ4n) is 2.56. The second-order valence-corrected chi connectivity index (χ2v) is 5.38. The molecule has 1 aromatic carbocycles. The van der Waals surface area contributed by atoms with Gasteiger partial charge in [0, 0.05) is 19.6 Å². The smallest absolute Gasteiger partial charge is 0.231 e. The Morgan fingerprint density at radius 2 is 2.41 bits per heavy atom. The number of nitrogens with zero attached hydrogens (tertiary/aromatic N) is 3. The van der Waals surface area contributed by atoms with Crippen LogP contribution in [-0.2, 0) is 9.53 Å². The Morgan fingerprint density at radius 1 is 1.64 bits per heavy atom. The average Bonchev–Trinajstić information content (AvgIpc) is 2.46. The van der Waals surface area contributed by atoms with Crippen molar-refractivity contribution in [2.45, 2.75) is 6.10 Å². The van der Waals surface area contributed by atoms with Gasteiger partial charge >= 0.3 is 0 Å². The molecule has 0 unspecified atom stereocenters. The fraction of sp³-hybridized carbons (Fsp3) is 0.467. The first-order valence-corrected chi connectivity index (χ1v) is 7.02. The van der Waals surface area contributed by atoms with Gasteiger partial charge in [-0.25, -0.2) is 4.39 Å². The second-order valence-electron chi connectivity index (χ2n) is 5.38. The standard InChI is InChI=1S/C15H19FN4O2/c1-19(10-15(18)21)8-12-9-20(4-5-22-12)14-3-2-11(7-17)6-13(14)16/h2-3,6,12H,4-5,8-10H2,1H3,(H2,18,21)/t12-/m0/s1. The number of carbonyl (C=O) groups excluding carboxylic acids is 1. The van der Waals surface area contributed by atoms with Crippen LogP contribution in [0.2, 0.25) is 0 Å². The number of morpholine rings is 1. The van der Waals surface area contributed by atoms with E-state index in [0.717, 1.165) is 0 Å². The van der Waals surface area contributed by atoms with Gasteiger partial charge in [-0.3, -0.25) is 9.69 Å². The summed E-state index contributed by atoms with van der Waals surface area (Å²) in [6, 6.07) is 6.37. The Balaban J connectivity index is 2.01. The van der Waals surface area contributed by atoms with Crippen molar-refractivity contribution in [3.05, 3.63) is 29.6 Å². The number of primary amides is 1. The summed E-state index contributed by atoms with van der Waals surface area (Å²) in [5, 5.41) is 8.78. The fourth-order valence-corrected chi connectivity index (χ4v) is 2.56. The molecule has 118 valence electrons. The van der Waals surface area contributed by atoms with E-state index in [0.29, 0.717) is 37.5 Å². The molecule has 1 aliphatic rings. The zero-order chi connectivity index (χ0) is 16.1. The Kier molecular flexibility index (Phi) is 5.31. The van der Waals surface area contributed by atoms with Crippen LogP contribution in [0, 0.1) is 17.1 Å². The highest BCUT2D eigenvalue weighted by Gasteiger charge is 2.24. The molecule has 6 nitrogen and oxygen atoms in total. The number of nitriles is 1. The van der Waals surface area contributed by atoms with Crippen molar-refractivity contribution < 1.29 is 13.9 Å². The summed E-state index contributed by atoms with van der Waals surface area (Å²) < 4.78 is 19.7. The first-order chi connectivity index (χ1) is 10.5. The van der Waals surface area contributed by atoms with E-state index in [9.17, 15) is 9.18 Å². The molecule has 2 N–H and O–H groups in total. The Morgan fingerprint density at radius 3 is 3.05 bits per heavy atom. The molecule has 1 atom stereocenters. The van der Waals surface area contributed by atoms with Gasteiger partial charge in [-0.1, -0.05) is 0 Å². The molecule has 22 heavy (non-hydrogen) atoms. The van der Waals surface area contributed by atoms with Gasteiger partial charge in [0.15, 0.2) is 0 Å². The predicted octanol–water partition coefficient (Wildman–Crippen LogP) is 0.320. The summed E-state index contributed by atoms with van der Waals surface area (Å²) in [5.74, 6) is -0.807. The maximum Gasteiger partial charge on any atom is 0.231 e. The van der Waals surface area contributed by atoms with Crippen LogP contribution in [0.25, 0.3) is 0 Å². The van der Waals surface area contributed by atoms with Crippen LogP contribution in [-0.4, -0.2) is 56.7 Å². The Labute approximate surface area is 128 Å². The number of carbonyl (C=O) groups is 1. The molecule has 1 fully saturated rings. The molecule has 1 aromatic rings. The third-order valence-electron chi connectivity index (χ3n) is 3.50. The molecule has 1 saturated heterocycles. The van der Waals surface area contributed by atoms with Crippen molar-refractivity contribution in [3.8, 4) is 6.07 Å². The molecule has 0 spiro atoms. The molecule has 0 aromatic heterocycles. The van der Waals surface area contributed by atoms with Crippen molar-refractivity contribution in [2.75, 3.05) is 44.7 Å². The molecule has 1 heterocycles. The third-order valence-corrected chi connectivity index (χ3v) is 3.50. The van der Waals surface area contributed by atoms with Crippen molar-refractivity contribution in [2.24, 2.45) is 5.73 Å². The number of likely N-dealkylation sites (N-methyl/N-ethyl adjacent to an activating group) is 1. The minimum atomic E-state index is -0.412. The van der Waals surface area contributed by atoms with Crippen LogP contribution < -0.4 is 10.6 Å². The Bertz CT molecular complexity index is 587. The van der Waals surface area contributed by atoms with Crippen LogP contribution >= 0.6 is 0 Å². The van der Waals surface area contributed by atoms with E-state index in [2.05, 4.69) is 0 Å². The van der Waals surface area contributed by atoms with Crippen LogP contribution in [0.1, 0.15) is 5.56 Å². The van der Waals surface area contributed by atoms with Gasteiger partial charge in [0.25, 0.3) is 0 Å². The van der Waals surface area contributed by atoms with E-state index < -0.39 is 11.7 Å². The third kappa shape index (κ3) is 4.16. The summed E-state index contributed by atoms with van der Waals surface area (Å²) in [6.45, 7) is 2.28. The van der Waals surface area contributed by atoms with Gasteiger partial charge in [0.05, 0.1) is 36.6 Å². The molecular formula is C15H19FN4O2. The molecule has 0 saturated carbocycles. The summed E-state index contributed by atoms with van der Waals surface area (Å²) in [7, 11) is 1.79. The monoisotopic (exact) mass is 306 g/mol. The lowest BCUT2D eigenvalue weighted by Crippen LogP contribution is -2.48. The zero-order valence-corrected chi connectivity index (χ0v) is 12.5. The lowest BCUT2D eigenvalue weighted by molar-refractivity contribution is -0.119. The number of anilines is 1. The molecular weight excluding hydrogens is 287 g/mol. The number of amides is 1. The SMILES string of the molecule is CN(CC(N)=O)C[C@H]1CN(c2ccc(C#N)cc2F)CCO1. The normalized spacial score (nSPS) is 18.3. The number of ether oxygens (including phenoxy) is 1. The maximum absolute atomic E-state index is 14.1. The lowest BCUT2D eigenvalue weighted by Gasteiger charge is -2.36. The number of halogens is 1. The highest BCUT2D eigenvalue weighted by molar-refractivity contribution is 5.75. The molecule has 0 bridgehead atoms. The summed E-state index contributed by atoms with van der Waals surface area (Å²) in [6.07, 6.45) is -0.131. The summed E-state index contributed by atoms with van der Waals surface area (Å²) in [5.41, 5.74) is 5.92. The summed E-state index contributed by atoms with van der Waals surface area (Å²) in [4.78, 5) is 14.6. The van der Waals surface area contributed by atoms with Gasteiger partial charge in [0.1, 0.15) is 5.82 Å². The van der Waals surface area contributed by atoms with Crippen molar-refractivity contribution in [1.82, 2.24) is 4.90 Å². The average molecular weight is 306 g/mol. The van der Waals surface area contributed by atoms with Crippen LogP contribution in [0.4, 0.5) is 10.1 Å². The molecule has 1 amide bonds. The molecule has 0 radical (unpaired) electrons. The van der Waals surface area contributed by atoms with Crippen molar-refractivity contribution >= 4 is 11.6 Å². The van der Waals surface area contributed by atoms with Gasteiger partial charge in [-0.15, -0.1) is 0 Å². The zero-order valence-electron chi connectivity index (χ0n) is 12.5. The largest absolute Gasteiger partial charge is 0.373 e. The molecule has 0 aliphatic carbocycles. The van der Waals surface area contributed by atoms with E-state index in [1.54, 1.807) is 24.1 Å². The molecule has 7 heteroatoms. The van der Waals surface area contributed by atoms with E-state index in [-0.39, 0.29) is 12.6 Å². The lowest BCUT2D eigenvalue weighted by atomic mass is 10.1. The maximum atomic E-state index is 14.1. The summed E-state index contributed by atoms with van der Waals surface area (Å²) >= 11 is 0. The first kappa shape index (κ1) is 16.2. The number of nitrogens with two attached hydrogens (primary N) is 1. The predicted molar refractivity (Wildman–Crippen MR) is 79.8 cm³/mol.